The average molecular weight is 621 g/mol. The lowest BCUT2D eigenvalue weighted by Gasteiger charge is -2.34. The van der Waals surface area contributed by atoms with Crippen LogP contribution in [0.2, 0.25) is 10.0 Å². The Morgan fingerprint density at radius 3 is 2.05 bits per heavy atom. The largest absolute Gasteiger partial charge is 0.494 e. The number of carbonyl (C=O) groups excluding carboxylic acids is 2. The van der Waals surface area contributed by atoms with E-state index in [1.807, 2.05) is 20.8 Å². The van der Waals surface area contributed by atoms with Gasteiger partial charge in [0.15, 0.2) is 0 Å². The van der Waals surface area contributed by atoms with Gasteiger partial charge in [-0.15, -0.1) is 0 Å². The maximum atomic E-state index is 14.1. The molecule has 0 radical (unpaired) electrons. The molecule has 3 aromatic rings. The summed E-state index contributed by atoms with van der Waals surface area (Å²) in [6.45, 7) is 7.04. The van der Waals surface area contributed by atoms with E-state index in [0.717, 1.165) is 4.31 Å². The first-order valence-corrected chi connectivity index (χ1v) is 15.5. The summed E-state index contributed by atoms with van der Waals surface area (Å²) in [5, 5.41) is 3.52. The van der Waals surface area contributed by atoms with Gasteiger partial charge in [-0.25, -0.2) is 8.42 Å². The lowest BCUT2D eigenvalue weighted by atomic mass is 10.1. The number of rotatable bonds is 13. The normalized spacial score (nSPS) is 12.1. The first kappa shape index (κ1) is 32.2. The van der Waals surface area contributed by atoms with Gasteiger partial charge in [-0.3, -0.25) is 13.9 Å². The Morgan fingerprint density at radius 1 is 0.902 bits per heavy atom. The van der Waals surface area contributed by atoms with Gasteiger partial charge in [0.25, 0.3) is 10.0 Å². The van der Waals surface area contributed by atoms with E-state index in [1.165, 1.54) is 17.0 Å². The summed E-state index contributed by atoms with van der Waals surface area (Å²) in [5.74, 6) is -0.428. The van der Waals surface area contributed by atoms with Crippen molar-refractivity contribution < 1.29 is 22.7 Å². The fourth-order valence-corrected chi connectivity index (χ4v) is 6.21. The van der Waals surface area contributed by atoms with Gasteiger partial charge in [-0.1, -0.05) is 54.4 Å². The predicted octanol–water partition coefficient (Wildman–Crippen LogP) is 5.92. The number of anilines is 1. The summed E-state index contributed by atoms with van der Waals surface area (Å²) in [5.41, 5.74) is 0.755. The topological polar surface area (TPSA) is 96.0 Å². The number of sulfonamides is 1. The summed E-state index contributed by atoms with van der Waals surface area (Å²) < 4.78 is 34.4. The van der Waals surface area contributed by atoms with Gasteiger partial charge < -0.3 is 15.0 Å². The van der Waals surface area contributed by atoms with E-state index in [9.17, 15) is 18.0 Å². The Bertz CT molecular complexity index is 1410. The molecule has 0 saturated carbocycles. The predicted molar refractivity (Wildman–Crippen MR) is 163 cm³/mol. The smallest absolute Gasteiger partial charge is 0.264 e. The summed E-state index contributed by atoms with van der Waals surface area (Å²) in [4.78, 5) is 28.7. The van der Waals surface area contributed by atoms with Gasteiger partial charge in [0, 0.05) is 28.2 Å². The molecule has 3 rings (SSSR count). The zero-order valence-electron chi connectivity index (χ0n) is 23.5. The third kappa shape index (κ3) is 8.15. The number of amides is 2. The number of nitrogens with zero attached hydrogens (tertiary/aromatic N) is 2. The van der Waals surface area contributed by atoms with Crippen LogP contribution in [0.4, 0.5) is 5.69 Å². The van der Waals surface area contributed by atoms with Crippen molar-refractivity contribution >= 4 is 50.7 Å². The zero-order valence-corrected chi connectivity index (χ0v) is 25.8. The van der Waals surface area contributed by atoms with Gasteiger partial charge in [0.05, 0.1) is 17.2 Å². The highest BCUT2D eigenvalue weighted by Crippen LogP contribution is 2.29. The van der Waals surface area contributed by atoms with Crippen LogP contribution in [0.1, 0.15) is 39.7 Å². The lowest BCUT2D eigenvalue weighted by molar-refractivity contribution is -0.140. The second-order valence-electron chi connectivity index (χ2n) is 9.56. The summed E-state index contributed by atoms with van der Waals surface area (Å²) in [6, 6.07) is 18.3. The molecular weight excluding hydrogens is 585 g/mol. The van der Waals surface area contributed by atoms with Crippen LogP contribution in [0.3, 0.4) is 0 Å². The molecule has 0 aliphatic rings. The quantitative estimate of drug-likeness (QED) is 0.256. The molecule has 0 aromatic heterocycles. The van der Waals surface area contributed by atoms with Crippen LogP contribution < -0.4 is 14.4 Å². The third-order valence-corrected chi connectivity index (χ3v) is 8.75. The minimum absolute atomic E-state index is 0.0112. The summed E-state index contributed by atoms with van der Waals surface area (Å²) in [6.07, 6.45) is 0.281. The number of para-hydroxylation sites is 1. The van der Waals surface area contributed by atoms with Crippen LogP contribution in [0, 0.1) is 0 Å². The molecule has 1 N–H and O–H groups in total. The summed E-state index contributed by atoms with van der Waals surface area (Å²) >= 11 is 12.9. The fraction of sp³-hybridized carbons (Fsp3) is 0.333. The highest BCUT2D eigenvalue weighted by atomic mass is 35.5. The van der Waals surface area contributed by atoms with Gasteiger partial charge in [-0.2, -0.15) is 0 Å². The first-order valence-electron chi connectivity index (χ1n) is 13.3. The van der Waals surface area contributed by atoms with Crippen LogP contribution in [0.15, 0.2) is 77.7 Å². The van der Waals surface area contributed by atoms with E-state index in [0.29, 0.717) is 33.7 Å². The number of carbonyl (C=O) groups is 2. The monoisotopic (exact) mass is 619 g/mol. The van der Waals surface area contributed by atoms with Gasteiger partial charge in [-0.05, 0) is 75.7 Å². The van der Waals surface area contributed by atoms with Crippen molar-refractivity contribution in [3.8, 4) is 5.75 Å². The maximum Gasteiger partial charge on any atom is 0.264 e. The van der Waals surface area contributed by atoms with Crippen molar-refractivity contribution in [2.24, 2.45) is 0 Å². The minimum atomic E-state index is -4.20. The van der Waals surface area contributed by atoms with E-state index in [-0.39, 0.29) is 29.8 Å². The second-order valence-corrected chi connectivity index (χ2v) is 12.2. The van der Waals surface area contributed by atoms with Gasteiger partial charge in [0.1, 0.15) is 18.3 Å². The van der Waals surface area contributed by atoms with Gasteiger partial charge in [0.2, 0.25) is 11.8 Å². The molecule has 220 valence electrons. The molecule has 0 heterocycles. The fourth-order valence-electron chi connectivity index (χ4n) is 4.28. The molecule has 0 fully saturated rings. The molecular formula is C30H35Cl2N3O5S. The molecule has 0 aliphatic carbocycles. The number of halogens is 2. The van der Waals surface area contributed by atoms with Crippen LogP contribution in [-0.4, -0.2) is 50.4 Å². The number of benzene rings is 3. The average Bonchev–Trinajstić information content (AvgIpc) is 2.93. The SMILES string of the molecule is CCOc1ccc(S(=O)(=O)N(CC(=O)N(Cc2c(Cl)cccc2Cl)[C@@H](CC)C(=O)NC(C)C)c2ccccc2)cc1. The molecule has 0 aliphatic heterocycles. The van der Waals surface area contributed by atoms with E-state index in [2.05, 4.69) is 5.32 Å². The summed E-state index contributed by atoms with van der Waals surface area (Å²) in [7, 11) is -4.20. The van der Waals surface area contributed by atoms with E-state index in [1.54, 1.807) is 67.6 Å². The Morgan fingerprint density at radius 2 is 1.51 bits per heavy atom. The zero-order chi connectivity index (χ0) is 30.2. The minimum Gasteiger partial charge on any atom is -0.494 e. The maximum absolute atomic E-state index is 14.1. The van der Waals surface area contributed by atoms with E-state index < -0.39 is 28.5 Å². The van der Waals surface area contributed by atoms with Crippen molar-refractivity contribution in [1.29, 1.82) is 0 Å². The van der Waals surface area contributed by atoms with E-state index >= 15 is 0 Å². The number of ether oxygens (including phenoxy) is 1. The van der Waals surface area contributed by atoms with E-state index in [4.69, 9.17) is 27.9 Å². The molecule has 0 saturated heterocycles. The number of hydrogen-bond acceptors (Lipinski definition) is 5. The van der Waals surface area contributed by atoms with Crippen molar-refractivity contribution in [2.45, 2.75) is 57.6 Å². The van der Waals surface area contributed by atoms with Crippen molar-refractivity contribution in [3.05, 3.63) is 88.4 Å². The van der Waals surface area contributed by atoms with Crippen LogP contribution in [0.5, 0.6) is 5.75 Å². The van der Waals surface area contributed by atoms with Gasteiger partial charge >= 0.3 is 0 Å². The van der Waals surface area contributed by atoms with Crippen molar-refractivity contribution in [3.63, 3.8) is 0 Å². The Balaban J connectivity index is 2.07. The molecule has 41 heavy (non-hydrogen) atoms. The second kappa shape index (κ2) is 14.6. The van der Waals surface area contributed by atoms with Crippen molar-refractivity contribution in [1.82, 2.24) is 10.2 Å². The standard InChI is InChI=1S/C30H35Cl2N3O5S/c1-5-28(30(37)33-21(3)4)34(19-25-26(31)13-10-14-27(25)32)29(36)20-35(22-11-8-7-9-12-22)41(38,39)24-17-15-23(16-18-24)40-6-2/h7-18,21,28H,5-6,19-20H2,1-4H3,(H,33,37)/t28-/m0/s1. The van der Waals surface area contributed by atoms with Crippen LogP contribution in [0.25, 0.3) is 0 Å². The van der Waals surface area contributed by atoms with Crippen LogP contribution >= 0.6 is 23.2 Å². The third-order valence-electron chi connectivity index (χ3n) is 6.25. The molecule has 11 heteroatoms. The molecule has 1 atom stereocenters. The molecule has 0 bridgehead atoms. The molecule has 0 unspecified atom stereocenters. The molecule has 3 aromatic carbocycles. The lowest BCUT2D eigenvalue weighted by Crippen LogP contribution is -2.53. The highest BCUT2D eigenvalue weighted by Gasteiger charge is 2.34. The Hall–Kier alpha value is -3.27. The van der Waals surface area contributed by atoms with Crippen LogP contribution in [-0.2, 0) is 26.2 Å². The molecule has 2 amide bonds. The first-order chi connectivity index (χ1) is 19.5. The molecule has 8 nitrogen and oxygen atoms in total. The highest BCUT2D eigenvalue weighted by molar-refractivity contribution is 7.92. The molecule has 0 spiro atoms. The van der Waals surface area contributed by atoms with Crippen molar-refractivity contribution in [2.75, 3.05) is 17.5 Å². The Kier molecular flexibility index (Phi) is 11.5. The number of nitrogens with one attached hydrogen (secondary N) is 1. The Labute approximate surface area is 252 Å². The number of hydrogen-bond donors (Lipinski definition) is 1.